The fourth-order valence-electron chi connectivity index (χ4n) is 6.06. The number of para-hydroxylation sites is 1. The largest absolute Gasteiger partial charge is 0.303 e. The van der Waals surface area contributed by atoms with Crippen LogP contribution in [0, 0.1) is 5.95 Å². The molecule has 0 atom stereocenters. The second kappa shape index (κ2) is 13.7. The maximum absolute atomic E-state index is 14.6. The zero-order valence-corrected chi connectivity index (χ0v) is 24.8. The van der Waals surface area contributed by atoms with Gasteiger partial charge in [0.25, 0.3) is 10.0 Å². The van der Waals surface area contributed by atoms with Gasteiger partial charge in [0.15, 0.2) is 0 Å². The number of benzene rings is 2. The van der Waals surface area contributed by atoms with E-state index < -0.39 is 16.0 Å². The van der Waals surface area contributed by atoms with Gasteiger partial charge in [0.1, 0.15) is 0 Å². The molecule has 6 nitrogen and oxygen atoms in total. The van der Waals surface area contributed by atoms with Gasteiger partial charge in [-0.2, -0.15) is 4.39 Å². The Morgan fingerprint density at radius 3 is 2.34 bits per heavy atom. The summed E-state index contributed by atoms with van der Waals surface area (Å²) in [5, 5.41) is 0.887. The average Bonchev–Trinajstić information content (AvgIpc) is 3.38. The predicted octanol–water partition coefficient (Wildman–Crippen LogP) is 6.85. The molecular formula is C33H41FN4O2S. The lowest BCUT2D eigenvalue weighted by Gasteiger charge is -2.31. The van der Waals surface area contributed by atoms with Crippen LogP contribution in [-0.4, -0.2) is 53.4 Å². The number of hydrogen-bond donors (Lipinski definition) is 0. The Kier molecular flexibility index (Phi) is 9.85. The molecule has 0 spiro atoms. The van der Waals surface area contributed by atoms with Crippen LogP contribution >= 0.6 is 0 Å². The number of nitrogens with zero attached hydrogens (tertiary/aromatic N) is 4. The van der Waals surface area contributed by atoms with Gasteiger partial charge in [0.05, 0.1) is 10.4 Å². The highest BCUT2D eigenvalue weighted by atomic mass is 32.2. The van der Waals surface area contributed by atoms with Crippen LogP contribution in [-0.2, 0) is 23.1 Å². The van der Waals surface area contributed by atoms with Crippen molar-refractivity contribution in [3.05, 3.63) is 96.2 Å². The van der Waals surface area contributed by atoms with Crippen LogP contribution in [0.5, 0.6) is 0 Å². The van der Waals surface area contributed by atoms with Crippen LogP contribution in [0.25, 0.3) is 10.9 Å². The zero-order valence-electron chi connectivity index (χ0n) is 24.0. The van der Waals surface area contributed by atoms with Gasteiger partial charge >= 0.3 is 0 Å². The molecule has 0 aliphatic heterocycles. The molecule has 0 N–H and O–H groups in total. The van der Waals surface area contributed by atoms with E-state index in [2.05, 4.69) is 21.8 Å². The van der Waals surface area contributed by atoms with E-state index in [1.807, 2.05) is 30.3 Å². The van der Waals surface area contributed by atoms with Crippen LogP contribution in [0.15, 0.2) is 84.0 Å². The van der Waals surface area contributed by atoms with Crippen molar-refractivity contribution in [1.29, 1.82) is 0 Å². The van der Waals surface area contributed by atoms with E-state index in [1.165, 1.54) is 42.3 Å². The van der Waals surface area contributed by atoms with Crippen molar-refractivity contribution in [3.63, 3.8) is 0 Å². The van der Waals surface area contributed by atoms with E-state index in [4.69, 9.17) is 0 Å². The van der Waals surface area contributed by atoms with Crippen molar-refractivity contribution in [3.8, 4) is 0 Å². The summed E-state index contributed by atoms with van der Waals surface area (Å²) in [6, 6.07) is 20.4. The molecule has 0 radical (unpaired) electrons. The summed E-state index contributed by atoms with van der Waals surface area (Å²) < 4.78 is 43.1. The van der Waals surface area contributed by atoms with E-state index in [-0.39, 0.29) is 4.90 Å². The zero-order chi connectivity index (χ0) is 28.7. The maximum Gasteiger partial charge on any atom is 0.268 e. The summed E-state index contributed by atoms with van der Waals surface area (Å²) in [5.74, 6) is -0.458. The van der Waals surface area contributed by atoms with Crippen LogP contribution in [0.4, 0.5) is 4.39 Å². The Labute approximate surface area is 243 Å². The second-order valence-corrected chi connectivity index (χ2v) is 13.1. The Morgan fingerprint density at radius 2 is 1.56 bits per heavy atom. The molecule has 1 saturated carbocycles. The summed E-state index contributed by atoms with van der Waals surface area (Å²) in [7, 11) is -1.51. The molecule has 0 bridgehead atoms. The fourth-order valence-corrected chi connectivity index (χ4v) is 7.47. The molecule has 2 aromatic heterocycles. The van der Waals surface area contributed by atoms with Crippen molar-refractivity contribution in [2.45, 2.75) is 75.4 Å². The standard InChI is InChI=1S/C33H41FN4O2S/c1-36(29-15-5-2-6-16-29)22-11-4-12-23-37(24-27-14-13-21-35-33(27)34)25-28-26-38(32-20-10-9-19-31(28)32)41(39,40)30-17-7-3-8-18-30/h3,7-10,13-14,17-21,26,29H,2,4-6,11-12,15-16,22-25H2,1H3. The number of rotatable bonds is 13. The molecule has 0 unspecified atom stereocenters. The topological polar surface area (TPSA) is 58.4 Å². The third-order valence-corrected chi connectivity index (χ3v) is 10.1. The van der Waals surface area contributed by atoms with Crippen molar-refractivity contribution in [1.82, 2.24) is 18.8 Å². The van der Waals surface area contributed by atoms with Crippen LogP contribution in [0.3, 0.4) is 0 Å². The van der Waals surface area contributed by atoms with Crippen molar-refractivity contribution < 1.29 is 12.8 Å². The van der Waals surface area contributed by atoms with Gasteiger partial charge in [-0.25, -0.2) is 17.4 Å². The number of pyridine rings is 1. The molecule has 2 heterocycles. The predicted molar refractivity (Wildman–Crippen MR) is 163 cm³/mol. The summed E-state index contributed by atoms with van der Waals surface area (Å²) in [6.45, 7) is 2.81. The number of aromatic nitrogens is 2. The number of fused-ring (bicyclic) bond motifs is 1. The quantitative estimate of drug-likeness (QED) is 0.129. The van der Waals surface area contributed by atoms with Gasteiger partial charge in [-0.15, -0.1) is 0 Å². The van der Waals surface area contributed by atoms with E-state index in [0.717, 1.165) is 49.3 Å². The molecule has 0 saturated heterocycles. The first-order chi connectivity index (χ1) is 19.9. The average molecular weight is 577 g/mol. The van der Waals surface area contributed by atoms with Crippen LogP contribution < -0.4 is 0 Å². The van der Waals surface area contributed by atoms with E-state index >= 15 is 0 Å². The van der Waals surface area contributed by atoms with Crippen LogP contribution in [0.1, 0.15) is 62.5 Å². The highest BCUT2D eigenvalue weighted by Gasteiger charge is 2.22. The Balaban J connectivity index is 1.32. The highest BCUT2D eigenvalue weighted by molar-refractivity contribution is 7.90. The van der Waals surface area contributed by atoms with Gasteiger partial charge in [-0.3, -0.25) is 4.90 Å². The third-order valence-electron chi connectivity index (χ3n) is 8.37. The molecule has 218 valence electrons. The fraction of sp³-hybridized carbons (Fsp3) is 0.424. The van der Waals surface area contributed by atoms with Crippen molar-refractivity contribution in [2.75, 3.05) is 20.1 Å². The molecule has 4 aromatic rings. The number of hydrogen-bond acceptors (Lipinski definition) is 5. The minimum atomic E-state index is -3.76. The molecule has 1 aliphatic rings. The van der Waals surface area contributed by atoms with E-state index in [9.17, 15) is 12.8 Å². The van der Waals surface area contributed by atoms with Gasteiger partial charge in [-0.05, 0) is 75.6 Å². The van der Waals surface area contributed by atoms with Gasteiger partial charge in [0, 0.05) is 42.5 Å². The Bertz CT molecular complexity index is 1520. The molecule has 1 aliphatic carbocycles. The van der Waals surface area contributed by atoms with Crippen molar-refractivity contribution in [2.24, 2.45) is 0 Å². The smallest absolute Gasteiger partial charge is 0.268 e. The van der Waals surface area contributed by atoms with Crippen LogP contribution in [0.2, 0.25) is 0 Å². The minimum absolute atomic E-state index is 0.250. The first kappa shape index (κ1) is 29.4. The van der Waals surface area contributed by atoms with Gasteiger partial charge in [-0.1, -0.05) is 68.1 Å². The normalized spacial score (nSPS) is 14.8. The first-order valence-electron chi connectivity index (χ1n) is 14.8. The molecule has 0 amide bonds. The molecule has 41 heavy (non-hydrogen) atoms. The SMILES string of the molecule is CN(CCCCCN(Cc1cccnc1F)Cc1cn(S(=O)(=O)c2ccccc2)c2ccccc12)C1CCCCC1. The molecular weight excluding hydrogens is 535 g/mol. The van der Waals surface area contributed by atoms with Gasteiger partial charge in [0.2, 0.25) is 5.95 Å². The molecule has 5 rings (SSSR count). The maximum atomic E-state index is 14.6. The van der Waals surface area contributed by atoms with Gasteiger partial charge < -0.3 is 4.90 Å². The Morgan fingerprint density at radius 1 is 0.854 bits per heavy atom. The molecule has 1 fully saturated rings. The third kappa shape index (κ3) is 7.23. The monoisotopic (exact) mass is 576 g/mol. The van der Waals surface area contributed by atoms with E-state index in [1.54, 1.807) is 42.6 Å². The lowest BCUT2D eigenvalue weighted by Crippen LogP contribution is -2.34. The number of halogens is 1. The second-order valence-electron chi connectivity index (χ2n) is 11.3. The highest BCUT2D eigenvalue weighted by Crippen LogP contribution is 2.28. The van der Waals surface area contributed by atoms with Crippen molar-refractivity contribution >= 4 is 20.9 Å². The lowest BCUT2D eigenvalue weighted by molar-refractivity contribution is 0.186. The molecule has 8 heteroatoms. The first-order valence-corrected chi connectivity index (χ1v) is 16.3. The Hall–Kier alpha value is -3.07. The molecule has 2 aromatic carbocycles. The lowest BCUT2D eigenvalue weighted by atomic mass is 9.94. The van der Waals surface area contributed by atoms with E-state index in [0.29, 0.717) is 24.2 Å². The summed E-state index contributed by atoms with van der Waals surface area (Å²) in [6.07, 6.45) is 13.1. The number of unbranched alkanes of at least 4 members (excludes halogenated alkanes) is 2. The minimum Gasteiger partial charge on any atom is -0.303 e. The summed E-state index contributed by atoms with van der Waals surface area (Å²) in [4.78, 5) is 8.85. The summed E-state index contributed by atoms with van der Waals surface area (Å²) in [5.41, 5.74) is 2.09. The summed E-state index contributed by atoms with van der Waals surface area (Å²) >= 11 is 0.